The molecule has 0 aliphatic rings. The molecule has 3 rings (SSSR count). The van der Waals surface area contributed by atoms with E-state index in [0.717, 1.165) is 15.9 Å². The van der Waals surface area contributed by atoms with E-state index in [2.05, 4.69) is 5.32 Å². The van der Waals surface area contributed by atoms with E-state index in [0.29, 0.717) is 5.44 Å². The number of rotatable bonds is 6. The molecule has 0 atom stereocenters. The first-order valence-electron chi connectivity index (χ1n) is 8.58. The Labute approximate surface area is 192 Å². The van der Waals surface area contributed by atoms with Gasteiger partial charge in [0.25, 0.3) is 0 Å². The maximum absolute atomic E-state index is 12.3. The van der Waals surface area contributed by atoms with Gasteiger partial charge in [0.05, 0.1) is 0 Å². The molecular formula is C22H19Cl4NOP+. The second kappa shape index (κ2) is 11.0. The van der Waals surface area contributed by atoms with Crippen LogP contribution in [0.4, 0.5) is 0 Å². The van der Waals surface area contributed by atoms with Crippen molar-refractivity contribution in [1.82, 2.24) is 5.32 Å². The smallest absolute Gasteiger partial charge is 0.241 e. The Bertz CT molecular complexity index is 865. The molecule has 0 spiro atoms. The van der Waals surface area contributed by atoms with Crippen molar-refractivity contribution in [3.05, 3.63) is 101 Å². The largest absolute Gasteiger partial charge is 0.293 e. The van der Waals surface area contributed by atoms with Crippen molar-refractivity contribution < 1.29 is 4.79 Å². The van der Waals surface area contributed by atoms with Crippen molar-refractivity contribution in [2.45, 2.75) is 0 Å². The van der Waals surface area contributed by atoms with Gasteiger partial charge in [0.15, 0.2) is 11.8 Å². The molecule has 0 aliphatic carbocycles. The fourth-order valence-corrected chi connectivity index (χ4v) is 8.21. The first-order chi connectivity index (χ1) is 13.6. The Hall–Kier alpha value is -1.54. The molecule has 1 N–H and O–H groups in total. The molecule has 0 heterocycles. The van der Waals surface area contributed by atoms with Gasteiger partial charge in [-0.2, -0.15) is 0 Å². The van der Waals surface area contributed by atoms with Crippen LogP contribution >= 0.6 is 54.5 Å². The molecule has 3 aromatic rings. The van der Waals surface area contributed by atoms with Gasteiger partial charge in [-0.1, -0.05) is 77.8 Å². The molecule has 3 aromatic carbocycles. The summed E-state index contributed by atoms with van der Waals surface area (Å²) >= 11 is 18.6. The standard InChI is InChI=1S/C22H17Cl3NOP.ClH/c23-16-20(27)26-22(21(24)25)28(17-10-4-1-5-11-17,18-12-6-2-7-13-18)19-14-8-3-9-15-19;/h1-15H,16H2;1H/p+1. The lowest BCUT2D eigenvalue weighted by atomic mass is 10.4. The molecule has 29 heavy (non-hydrogen) atoms. The van der Waals surface area contributed by atoms with Crippen molar-refractivity contribution >= 4 is 76.3 Å². The van der Waals surface area contributed by atoms with E-state index < -0.39 is 7.26 Å². The highest BCUT2D eigenvalue weighted by molar-refractivity contribution is 7.99. The fraction of sp³-hybridized carbons (Fsp3) is 0.0455. The van der Waals surface area contributed by atoms with Crippen LogP contribution in [-0.2, 0) is 4.79 Å². The molecule has 2 nitrogen and oxygen atoms in total. The summed E-state index contributed by atoms with van der Waals surface area (Å²) in [6.45, 7) is 0. The second-order valence-electron chi connectivity index (χ2n) is 5.97. The molecule has 0 aliphatic heterocycles. The third-order valence-corrected chi connectivity index (χ3v) is 9.43. The summed E-state index contributed by atoms with van der Waals surface area (Å²) in [7, 11) is -2.56. The predicted molar refractivity (Wildman–Crippen MR) is 130 cm³/mol. The van der Waals surface area contributed by atoms with E-state index in [9.17, 15) is 4.79 Å². The lowest BCUT2D eigenvalue weighted by Gasteiger charge is -2.29. The highest BCUT2D eigenvalue weighted by atomic mass is 35.5. The summed E-state index contributed by atoms with van der Waals surface area (Å²) in [5.74, 6) is -0.550. The summed E-state index contributed by atoms with van der Waals surface area (Å²) < 4.78 is 0.0170. The number of carbonyl (C=O) groups is 1. The van der Waals surface area contributed by atoms with Crippen LogP contribution in [0.3, 0.4) is 0 Å². The van der Waals surface area contributed by atoms with Gasteiger partial charge in [-0.3, -0.25) is 10.1 Å². The van der Waals surface area contributed by atoms with Crippen LogP contribution in [0.15, 0.2) is 101 Å². The van der Waals surface area contributed by atoms with Gasteiger partial charge in [0.2, 0.25) is 11.3 Å². The zero-order valence-electron chi connectivity index (χ0n) is 15.3. The number of hydrogen-bond acceptors (Lipinski definition) is 1. The highest BCUT2D eigenvalue weighted by Crippen LogP contribution is 2.62. The quantitative estimate of drug-likeness (QED) is 0.369. The van der Waals surface area contributed by atoms with Crippen LogP contribution in [0.2, 0.25) is 0 Å². The maximum Gasteiger partial charge on any atom is 0.241 e. The van der Waals surface area contributed by atoms with Crippen molar-refractivity contribution in [3.63, 3.8) is 0 Å². The van der Waals surface area contributed by atoms with Crippen molar-refractivity contribution in [2.24, 2.45) is 0 Å². The van der Waals surface area contributed by atoms with Gasteiger partial charge in [0, 0.05) is 0 Å². The molecule has 0 fully saturated rings. The van der Waals surface area contributed by atoms with Gasteiger partial charge < -0.3 is 0 Å². The molecule has 0 saturated carbocycles. The minimum atomic E-state index is -2.56. The van der Waals surface area contributed by atoms with E-state index in [1.165, 1.54) is 0 Å². The molecule has 0 saturated heterocycles. The predicted octanol–water partition coefficient (Wildman–Crippen LogP) is 5.36. The molecule has 0 radical (unpaired) electrons. The maximum atomic E-state index is 12.3. The normalized spacial score (nSPS) is 10.6. The van der Waals surface area contributed by atoms with Crippen molar-refractivity contribution in [3.8, 4) is 0 Å². The zero-order chi connectivity index (χ0) is 20.0. The number of hydrogen-bond donors (Lipinski definition) is 1. The van der Waals surface area contributed by atoms with E-state index in [1.807, 2.05) is 91.0 Å². The summed E-state index contributed by atoms with van der Waals surface area (Å²) in [6.07, 6.45) is 0. The number of nitrogens with one attached hydrogen (secondary N) is 1. The van der Waals surface area contributed by atoms with E-state index in [-0.39, 0.29) is 28.7 Å². The van der Waals surface area contributed by atoms with Crippen LogP contribution in [0.1, 0.15) is 0 Å². The zero-order valence-corrected chi connectivity index (χ0v) is 19.2. The van der Waals surface area contributed by atoms with Crippen molar-refractivity contribution in [2.75, 3.05) is 5.88 Å². The first kappa shape index (κ1) is 23.7. The van der Waals surface area contributed by atoms with E-state index in [4.69, 9.17) is 34.8 Å². The van der Waals surface area contributed by atoms with Crippen LogP contribution in [0.5, 0.6) is 0 Å². The third kappa shape index (κ3) is 4.97. The minimum absolute atomic E-state index is 0. The van der Waals surface area contributed by atoms with Gasteiger partial charge >= 0.3 is 0 Å². The van der Waals surface area contributed by atoms with Gasteiger partial charge in [-0.05, 0) is 36.4 Å². The monoisotopic (exact) mass is 484 g/mol. The third-order valence-electron chi connectivity index (χ3n) is 4.32. The lowest BCUT2D eigenvalue weighted by molar-refractivity contribution is -0.117. The summed E-state index contributed by atoms with van der Waals surface area (Å²) in [4.78, 5) is 12.3. The van der Waals surface area contributed by atoms with E-state index in [1.54, 1.807) is 0 Å². The van der Waals surface area contributed by atoms with Crippen LogP contribution in [-0.4, -0.2) is 11.8 Å². The van der Waals surface area contributed by atoms with Crippen LogP contribution in [0.25, 0.3) is 0 Å². The number of benzene rings is 3. The molecule has 0 aromatic heterocycles. The molecular weight excluding hydrogens is 467 g/mol. The molecule has 7 heteroatoms. The molecule has 0 unspecified atom stereocenters. The number of halogens is 4. The number of carbonyl (C=O) groups excluding carboxylic acids is 1. The van der Waals surface area contributed by atoms with Gasteiger partial charge in [-0.25, -0.2) is 0 Å². The Balaban J connectivity index is 0.00000300. The second-order valence-corrected chi connectivity index (χ2v) is 10.5. The topological polar surface area (TPSA) is 29.1 Å². The fourth-order valence-electron chi connectivity index (χ4n) is 3.21. The SMILES string of the molecule is Cl.O=C(CCl)NC(=C(Cl)Cl)[P+](c1ccccc1)(c1ccccc1)c1ccccc1. The van der Waals surface area contributed by atoms with Crippen molar-refractivity contribution in [1.29, 1.82) is 0 Å². The Kier molecular flexibility index (Phi) is 9.02. The summed E-state index contributed by atoms with van der Waals surface area (Å²) in [6, 6.07) is 29.9. The Morgan fingerprint density at radius 2 is 1.07 bits per heavy atom. The minimum Gasteiger partial charge on any atom is -0.293 e. The lowest BCUT2D eigenvalue weighted by Crippen LogP contribution is -2.39. The molecule has 150 valence electrons. The summed E-state index contributed by atoms with van der Waals surface area (Å²) in [5.41, 5.74) is 0.477. The number of amides is 1. The average Bonchev–Trinajstić information content (AvgIpc) is 2.75. The van der Waals surface area contributed by atoms with Crippen LogP contribution < -0.4 is 21.2 Å². The van der Waals surface area contributed by atoms with E-state index >= 15 is 0 Å². The van der Waals surface area contributed by atoms with Gasteiger partial charge in [0.1, 0.15) is 21.8 Å². The Morgan fingerprint density at radius 3 is 1.34 bits per heavy atom. The molecule has 0 bridgehead atoms. The number of alkyl halides is 1. The molecule has 1 amide bonds. The van der Waals surface area contributed by atoms with Gasteiger partial charge in [-0.15, -0.1) is 24.0 Å². The van der Waals surface area contributed by atoms with Crippen LogP contribution in [0, 0.1) is 0 Å². The first-order valence-corrected chi connectivity index (χ1v) is 11.7. The average molecular weight is 486 g/mol. The Morgan fingerprint density at radius 1 is 0.724 bits per heavy atom. The highest BCUT2D eigenvalue weighted by Gasteiger charge is 2.52. The summed E-state index contributed by atoms with van der Waals surface area (Å²) in [5, 5.41) is 5.97.